The summed E-state index contributed by atoms with van der Waals surface area (Å²) in [5, 5.41) is 6.68. The number of halogens is 3. The van der Waals surface area contributed by atoms with Crippen molar-refractivity contribution in [2.75, 3.05) is 18.4 Å². The molecule has 0 aliphatic rings. The molecule has 2 heterocycles. The number of amides is 1. The third-order valence-electron chi connectivity index (χ3n) is 3.80. The maximum Gasteiger partial charge on any atom is 0.220 e. The van der Waals surface area contributed by atoms with E-state index in [1.54, 1.807) is 24.4 Å². The van der Waals surface area contributed by atoms with Crippen molar-refractivity contribution in [2.45, 2.75) is 12.8 Å². The Morgan fingerprint density at radius 1 is 1.11 bits per heavy atom. The van der Waals surface area contributed by atoms with E-state index in [2.05, 4.69) is 20.6 Å². The van der Waals surface area contributed by atoms with Crippen LogP contribution in [0.3, 0.4) is 0 Å². The smallest absolute Gasteiger partial charge is 0.220 e. The minimum atomic E-state index is -0.316. The number of aromatic nitrogens is 2. The monoisotopic (exact) mass is 422 g/mol. The van der Waals surface area contributed by atoms with Gasteiger partial charge < -0.3 is 15.1 Å². The molecule has 0 aliphatic heterocycles. The highest BCUT2D eigenvalue weighted by atomic mass is 35.5. The van der Waals surface area contributed by atoms with Gasteiger partial charge in [0, 0.05) is 37.7 Å². The molecular weight excluding hydrogens is 406 g/mol. The Labute approximate surface area is 171 Å². The van der Waals surface area contributed by atoms with E-state index in [1.165, 1.54) is 18.3 Å². The van der Waals surface area contributed by atoms with Crippen LogP contribution in [-0.4, -0.2) is 29.0 Å². The summed E-state index contributed by atoms with van der Waals surface area (Å²) in [6.45, 7) is 0.875. The molecule has 0 radical (unpaired) electrons. The van der Waals surface area contributed by atoms with E-state index in [-0.39, 0.29) is 18.1 Å². The Balaban J connectivity index is 1.39. The highest BCUT2D eigenvalue weighted by molar-refractivity contribution is 6.35. The zero-order chi connectivity index (χ0) is 19.9. The molecule has 146 valence electrons. The number of anilines is 1. The Hall–Kier alpha value is -2.64. The van der Waals surface area contributed by atoms with Crippen molar-refractivity contribution in [3.05, 3.63) is 64.5 Å². The van der Waals surface area contributed by atoms with E-state index in [4.69, 9.17) is 27.6 Å². The van der Waals surface area contributed by atoms with E-state index in [0.717, 1.165) is 5.56 Å². The van der Waals surface area contributed by atoms with Crippen LogP contribution < -0.4 is 10.6 Å². The molecule has 0 aliphatic carbocycles. The number of nitrogens with one attached hydrogen (secondary N) is 2. The number of hydrogen-bond donors (Lipinski definition) is 2. The van der Waals surface area contributed by atoms with E-state index < -0.39 is 0 Å². The Morgan fingerprint density at radius 3 is 2.64 bits per heavy atom. The summed E-state index contributed by atoms with van der Waals surface area (Å²) in [5.41, 5.74) is 0.727. The largest absolute Gasteiger partial charge is 0.441 e. The number of hydrogen-bond acceptors (Lipinski definition) is 5. The summed E-state index contributed by atoms with van der Waals surface area (Å²) in [5.74, 6) is 1.05. The first-order chi connectivity index (χ1) is 13.5. The fourth-order valence-corrected chi connectivity index (χ4v) is 2.86. The third-order valence-corrected chi connectivity index (χ3v) is 4.29. The summed E-state index contributed by atoms with van der Waals surface area (Å²) >= 11 is 11.8. The van der Waals surface area contributed by atoms with Crippen LogP contribution in [0.2, 0.25) is 10.0 Å². The van der Waals surface area contributed by atoms with Crippen LogP contribution >= 0.6 is 23.2 Å². The molecule has 3 rings (SSSR count). The topological polar surface area (TPSA) is 80.0 Å². The first-order valence-electron chi connectivity index (χ1n) is 8.53. The van der Waals surface area contributed by atoms with Gasteiger partial charge in [0.2, 0.25) is 5.91 Å². The zero-order valence-corrected chi connectivity index (χ0v) is 16.2. The van der Waals surface area contributed by atoms with E-state index in [0.29, 0.717) is 47.0 Å². The fraction of sp³-hybridized carbons (Fsp3) is 0.211. The van der Waals surface area contributed by atoms with Gasteiger partial charge in [0.15, 0.2) is 11.7 Å². The second kappa shape index (κ2) is 9.52. The molecule has 6 nitrogen and oxygen atoms in total. The van der Waals surface area contributed by atoms with E-state index >= 15 is 0 Å². The van der Waals surface area contributed by atoms with Gasteiger partial charge in [-0.15, -0.1) is 0 Å². The van der Waals surface area contributed by atoms with Crippen LogP contribution in [0.4, 0.5) is 10.2 Å². The lowest BCUT2D eigenvalue weighted by atomic mass is 10.2. The molecule has 0 atom stereocenters. The molecule has 0 saturated heterocycles. The first kappa shape index (κ1) is 20.1. The highest BCUT2D eigenvalue weighted by Crippen LogP contribution is 2.22. The molecule has 0 bridgehead atoms. The summed E-state index contributed by atoms with van der Waals surface area (Å²) < 4.78 is 18.6. The van der Waals surface area contributed by atoms with Gasteiger partial charge in [0.1, 0.15) is 11.6 Å². The van der Waals surface area contributed by atoms with Crippen molar-refractivity contribution in [3.8, 4) is 11.3 Å². The van der Waals surface area contributed by atoms with E-state index in [9.17, 15) is 9.18 Å². The Morgan fingerprint density at radius 2 is 1.89 bits per heavy atom. The predicted molar refractivity (Wildman–Crippen MR) is 106 cm³/mol. The van der Waals surface area contributed by atoms with Crippen LogP contribution in [-0.2, 0) is 11.2 Å². The minimum absolute atomic E-state index is 0.126. The number of carbonyl (C=O) groups excluding carboxylic acids is 1. The number of benzene rings is 1. The van der Waals surface area contributed by atoms with Crippen LogP contribution in [0.1, 0.15) is 12.3 Å². The van der Waals surface area contributed by atoms with Crippen LogP contribution in [0.5, 0.6) is 0 Å². The Bertz CT molecular complexity index is 947. The Kier molecular flexibility index (Phi) is 6.84. The van der Waals surface area contributed by atoms with Crippen LogP contribution in [0, 0.1) is 5.82 Å². The lowest BCUT2D eigenvalue weighted by molar-refractivity contribution is -0.121. The molecular formula is C19H17Cl2FN4O2. The third kappa shape index (κ3) is 5.68. The maximum atomic E-state index is 13.0. The zero-order valence-electron chi connectivity index (χ0n) is 14.7. The van der Waals surface area contributed by atoms with Crippen molar-refractivity contribution < 1.29 is 13.6 Å². The second-order valence-electron chi connectivity index (χ2n) is 5.89. The molecule has 1 amide bonds. The SMILES string of the molecule is O=C(CCc1ncc(-c2ccc(F)cc2)o1)NCCNc1ncc(Cl)cc1Cl. The van der Waals surface area contributed by atoms with E-state index in [1.807, 2.05) is 0 Å². The maximum absolute atomic E-state index is 13.0. The molecule has 2 N–H and O–H groups in total. The summed E-state index contributed by atoms with van der Waals surface area (Å²) in [4.78, 5) is 20.2. The molecule has 9 heteroatoms. The fourth-order valence-electron chi connectivity index (χ4n) is 2.41. The summed E-state index contributed by atoms with van der Waals surface area (Å²) in [6, 6.07) is 7.52. The number of carbonyl (C=O) groups is 1. The molecule has 0 spiro atoms. The molecule has 3 aromatic rings. The first-order valence-corrected chi connectivity index (χ1v) is 9.29. The lowest BCUT2D eigenvalue weighted by Crippen LogP contribution is -2.29. The van der Waals surface area contributed by atoms with Crippen molar-refractivity contribution in [2.24, 2.45) is 0 Å². The summed E-state index contributed by atoms with van der Waals surface area (Å²) in [6.07, 6.45) is 3.66. The van der Waals surface area contributed by atoms with Gasteiger partial charge in [0.25, 0.3) is 0 Å². The highest BCUT2D eigenvalue weighted by Gasteiger charge is 2.09. The van der Waals surface area contributed by atoms with Gasteiger partial charge in [-0.2, -0.15) is 0 Å². The van der Waals surface area contributed by atoms with Crippen LogP contribution in [0.25, 0.3) is 11.3 Å². The molecule has 28 heavy (non-hydrogen) atoms. The molecule has 0 saturated carbocycles. The van der Waals surface area contributed by atoms with Gasteiger partial charge in [-0.3, -0.25) is 4.79 Å². The second-order valence-corrected chi connectivity index (χ2v) is 6.73. The molecule has 0 unspecified atom stereocenters. The average molecular weight is 423 g/mol. The van der Waals surface area contributed by atoms with Crippen molar-refractivity contribution >= 4 is 34.9 Å². The van der Waals surface area contributed by atoms with Gasteiger partial charge in [-0.1, -0.05) is 23.2 Å². The summed E-state index contributed by atoms with van der Waals surface area (Å²) in [7, 11) is 0. The van der Waals surface area contributed by atoms with Gasteiger partial charge >= 0.3 is 0 Å². The standard InChI is InChI=1S/C19H17Cl2FN4O2/c20-13-9-15(21)19(26-10-13)24-8-7-23-17(27)5-6-18-25-11-16(28-18)12-1-3-14(22)4-2-12/h1-4,9-11H,5-8H2,(H,23,27)(H,24,26). The molecule has 1 aromatic carbocycles. The van der Waals surface area contributed by atoms with Gasteiger partial charge in [-0.25, -0.2) is 14.4 Å². The normalized spacial score (nSPS) is 10.7. The molecule has 2 aromatic heterocycles. The number of oxazole rings is 1. The average Bonchev–Trinajstić information content (AvgIpc) is 3.14. The van der Waals surface area contributed by atoms with Crippen molar-refractivity contribution in [1.29, 1.82) is 0 Å². The van der Waals surface area contributed by atoms with Crippen LogP contribution in [0.15, 0.2) is 47.1 Å². The number of nitrogens with zero attached hydrogens (tertiary/aromatic N) is 2. The number of pyridine rings is 1. The number of aryl methyl sites for hydroxylation is 1. The minimum Gasteiger partial charge on any atom is -0.441 e. The number of rotatable bonds is 8. The van der Waals surface area contributed by atoms with Gasteiger partial charge in [-0.05, 0) is 30.3 Å². The molecule has 0 fully saturated rings. The predicted octanol–water partition coefficient (Wildman–Crippen LogP) is 4.34. The lowest BCUT2D eigenvalue weighted by Gasteiger charge is -2.08. The van der Waals surface area contributed by atoms with Crippen molar-refractivity contribution in [3.63, 3.8) is 0 Å². The van der Waals surface area contributed by atoms with Crippen molar-refractivity contribution in [1.82, 2.24) is 15.3 Å². The van der Waals surface area contributed by atoms with Gasteiger partial charge in [0.05, 0.1) is 16.2 Å². The quantitative estimate of drug-likeness (QED) is 0.527.